The second-order valence-corrected chi connectivity index (χ2v) is 8.11. The molecule has 9 nitrogen and oxygen atoms in total. The van der Waals surface area contributed by atoms with Crippen LogP contribution >= 0.6 is 0 Å². The zero-order chi connectivity index (χ0) is 22.1. The monoisotopic (exact) mass is 420 g/mol. The van der Waals surface area contributed by atoms with Gasteiger partial charge in [0.15, 0.2) is 0 Å². The molecule has 1 heterocycles. The molecule has 1 aliphatic rings. The summed E-state index contributed by atoms with van der Waals surface area (Å²) in [6.45, 7) is 8.01. The lowest BCUT2D eigenvalue weighted by Gasteiger charge is -2.35. The highest BCUT2D eigenvalue weighted by Crippen LogP contribution is 2.17. The number of hydrogen-bond acceptors (Lipinski definition) is 6. The van der Waals surface area contributed by atoms with Crippen molar-refractivity contribution in [2.45, 2.75) is 20.3 Å². The predicted octanol–water partition coefficient (Wildman–Crippen LogP) is 0.811. The summed E-state index contributed by atoms with van der Waals surface area (Å²) in [5.74, 6) is -1.82. The van der Waals surface area contributed by atoms with Crippen molar-refractivity contribution in [2.24, 2.45) is 11.8 Å². The third-order valence-corrected chi connectivity index (χ3v) is 4.93. The fourth-order valence-corrected chi connectivity index (χ4v) is 3.27. The molecule has 0 unspecified atom stereocenters. The van der Waals surface area contributed by atoms with Gasteiger partial charge in [0.2, 0.25) is 11.8 Å². The average Bonchev–Trinajstić information content (AvgIpc) is 2.67. The maximum Gasteiger partial charge on any atom is 0.308 e. The molecule has 0 saturated carbocycles. The van der Waals surface area contributed by atoms with E-state index < -0.39 is 17.8 Å². The minimum Gasteiger partial charge on any atom is -0.508 e. The fraction of sp³-hybridized carbons (Fsp3) is 0.571. The number of phenolic OH excluding ortho intramolecular Hbond substituents is 1. The van der Waals surface area contributed by atoms with E-state index in [-0.39, 0.29) is 24.6 Å². The summed E-state index contributed by atoms with van der Waals surface area (Å²) in [4.78, 5) is 39.9. The fourth-order valence-electron chi connectivity index (χ4n) is 3.27. The van der Waals surface area contributed by atoms with Crippen molar-refractivity contribution < 1.29 is 24.6 Å². The molecule has 4 N–H and O–H groups in total. The molecule has 1 aliphatic heterocycles. The lowest BCUT2D eigenvalue weighted by Crippen LogP contribution is -2.51. The van der Waals surface area contributed by atoms with Gasteiger partial charge in [-0.15, -0.1) is 0 Å². The van der Waals surface area contributed by atoms with Crippen LogP contribution in [-0.2, 0) is 14.4 Å². The molecule has 1 fully saturated rings. The zero-order valence-corrected chi connectivity index (χ0v) is 17.6. The molecule has 0 spiro atoms. The number of carbonyl (C=O) groups excluding carboxylic acids is 2. The first kappa shape index (κ1) is 23.6. The van der Waals surface area contributed by atoms with Crippen molar-refractivity contribution in [3.8, 4) is 5.75 Å². The van der Waals surface area contributed by atoms with Crippen LogP contribution in [0.2, 0.25) is 0 Å². The number of carboxylic acid groups (broad SMARTS) is 1. The molecule has 9 heteroatoms. The summed E-state index contributed by atoms with van der Waals surface area (Å²) in [5.41, 5.74) is 0.425. The van der Waals surface area contributed by atoms with Crippen LogP contribution in [0.5, 0.6) is 5.75 Å². The molecule has 1 aromatic rings. The highest BCUT2D eigenvalue weighted by molar-refractivity contribution is 5.93. The lowest BCUT2D eigenvalue weighted by atomic mass is 10.0. The van der Waals surface area contributed by atoms with Crippen molar-refractivity contribution in [1.82, 2.24) is 15.1 Å². The molecule has 0 aliphatic carbocycles. The number of phenols is 1. The van der Waals surface area contributed by atoms with Crippen molar-refractivity contribution in [1.29, 1.82) is 0 Å². The molecular weight excluding hydrogens is 388 g/mol. The summed E-state index contributed by atoms with van der Waals surface area (Å²) in [5, 5.41) is 24.5. The standard InChI is InChI=1S/C21H32N4O5/c1-15(2)12-22-20(28)14-25-8-6-24(7-9-25)13-16(21(29)30)10-19(27)23-17-4-3-5-18(26)11-17/h3-5,11,15-16,26H,6-10,12-14H2,1-2H3,(H,22,28)(H,23,27)(H,29,30)/t16-/m0/s1. The van der Waals surface area contributed by atoms with Gasteiger partial charge in [0, 0.05) is 57.4 Å². The van der Waals surface area contributed by atoms with E-state index in [1.165, 1.54) is 12.1 Å². The Bertz CT molecular complexity index is 732. The molecule has 0 aromatic heterocycles. The van der Waals surface area contributed by atoms with Crippen molar-refractivity contribution in [2.75, 3.05) is 51.1 Å². The Morgan fingerprint density at radius 3 is 2.33 bits per heavy atom. The number of rotatable bonds is 10. The molecule has 1 saturated heterocycles. The minimum absolute atomic E-state index is 0.00387. The smallest absolute Gasteiger partial charge is 0.308 e. The number of amides is 2. The van der Waals surface area contributed by atoms with Crippen LogP contribution in [-0.4, -0.2) is 83.6 Å². The van der Waals surface area contributed by atoms with Crippen LogP contribution in [0.25, 0.3) is 0 Å². The molecule has 0 bridgehead atoms. The molecule has 1 atom stereocenters. The highest BCUT2D eigenvalue weighted by atomic mass is 16.4. The van der Waals surface area contributed by atoms with Gasteiger partial charge in [-0.1, -0.05) is 19.9 Å². The topological polar surface area (TPSA) is 122 Å². The number of aromatic hydroxyl groups is 1. The maximum atomic E-state index is 12.2. The number of nitrogens with zero attached hydrogens (tertiary/aromatic N) is 2. The molecule has 0 radical (unpaired) electrons. The van der Waals surface area contributed by atoms with Gasteiger partial charge in [-0.25, -0.2) is 0 Å². The Balaban J connectivity index is 1.77. The van der Waals surface area contributed by atoms with Gasteiger partial charge in [-0.05, 0) is 18.1 Å². The first-order valence-corrected chi connectivity index (χ1v) is 10.3. The van der Waals surface area contributed by atoms with Gasteiger partial charge in [0.1, 0.15) is 5.75 Å². The van der Waals surface area contributed by atoms with Crippen LogP contribution in [0, 0.1) is 11.8 Å². The maximum absolute atomic E-state index is 12.2. The van der Waals surface area contributed by atoms with Crippen LogP contribution in [0.1, 0.15) is 20.3 Å². The molecule has 2 rings (SSSR count). The lowest BCUT2D eigenvalue weighted by molar-refractivity contribution is -0.144. The number of aliphatic carboxylic acids is 1. The second kappa shape index (κ2) is 11.5. The van der Waals surface area contributed by atoms with E-state index in [0.717, 1.165) is 0 Å². The minimum atomic E-state index is -1.02. The van der Waals surface area contributed by atoms with E-state index in [0.29, 0.717) is 50.9 Å². The van der Waals surface area contributed by atoms with Gasteiger partial charge in [-0.3, -0.25) is 24.2 Å². The van der Waals surface area contributed by atoms with E-state index in [4.69, 9.17) is 0 Å². The highest BCUT2D eigenvalue weighted by Gasteiger charge is 2.27. The summed E-state index contributed by atoms with van der Waals surface area (Å²) in [6.07, 6.45) is -0.150. The third kappa shape index (κ3) is 8.38. The number of carbonyl (C=O) groups is 3. The first-order chi connectivity index (χ1) is 14.2. The van der Waals surface area contributed by atoms with Gasteiger partial charge in [-0.2, -0.15) is 0 Å². The normalized spacial score (nSPS) is 16.2. The van der Waals surface area contributed by atoms with Crippen LogP contribution in [0.4, 0.5) is 5.69 Å². The van der Waals surface area contributed by atoms with Gasteiger partial charge < -0.3 is 20.8 Å². The van der Waals surface area contributed by atoms with Crippen LogP contribution < -0.4 is 10.6 Å². The molecular formula is C21H32N4O5. The third-order valence-electron chi connectivity index (χ3n) is 4.93. The van der Waals surface area contributed by atoms with Crippen molar-refractivity contribution in [3.63, 3.8) is 0 Å². The summed E-state index contributed by atoms with van der Waals surface area (Å²) >= 11 is 0. The Hall–Kier alpha value is -2.65. The van der Waals surface area contributed by atoms with E-state index in [1.54, 1.807) is 12.1 Å². The Morgan fingerprint density at radius 1 is 1.07 bits per heavy atom. The Labute approximate surface area is 177 Å². The number of benzene rings is 1. The SMILES string of the molecule is CC(C)CNC(=O)CN1CCN(C[C@H](CC(=O)Nc2cccc(O)c2)C(=O)O)CC1. The van der Waals surface area contributed by atoms with Gasteiger partial charge in [0.05, 0.1) is 12.5 Å². The summed E-state index contributed by atoms with van der Waals surface area (Å²) < 4.78 is 0. The summed E-state index contributed by atoms with van der Waals surface area (Å²) in [7, 11) is 0. The summed E-state index contributed by atoms with van der Waals surface area (Å²) in [6, 6.07) is 6.12. The van der Waals surface area contributed by atoms with Gasteiger partial charge >= 0.3 is 5.97 Å². The first-order valence-electron chi connectivity index (χ1n) is 10.3. The number of hydrogen-bond donors (Lipinski definition) is 4. The van der Waals surface area contributed by atoms with Crippen molar-refractivity contribution in [3.05, 3.63) is 24.3 Å². The molecule has 166 valence electrons. The molecule has 30 heavy (non-hydrogen) atoms. The second-order valence-electron chi connectivity index (χ2n) is 8.11. The molecule has 1 aromatic carbocycles. The number of piperazine rings is 1. The van der Waals surface area contributed by atoms with E-state index >= 15 is 0 Å². The largest absolute Gasteiger partial charge is 0.508 e. The predicted molar refractivity (Wildman–Crippen MR) is 113 cm³/mol. The molecule has 2 amide bonds. The Morgan fingerprint density at radius 2 is 1.73 bits per heavy atom. The van der Waals surface area contributed by atoms with E-state index in [9.17, 15) is 24.6 Å². The van der Waals surface area contributed by atoms with E-state index in [1.807, 2.05) is 18.7 Å². The van der Waals surface area contributed by atoms with Crippen molar-refractivity contribution >= 4 is 23.5 Å². The number of nitrogens with one attached hydrogen (secondary N) is 2. The van der Waals surface area contributed by atoms with Crippen LogP contribution in [0.15, 0.2) is 24.3 Å². The zero-order valence-electron chi connectivity index (χ0n) is 17.6. The van der Waals surface area contributed by atoms with E-state index in [2.05, 4.69) is 15.5 Å². The Kier molecular flexibility index (Phi) is 9.07. The van der Waals surface area contributed by atoms with Gasteiger partial charge in [0.25, 0.3) is 0 Å². The average molecular weight is 421 g/mol. The quantitative estimate of drug-likeness (QED) is 0.442. The number of carboxylic acids is 1. The van der Waals surface area contributed by atoms with Crippen LogP contribution in [0.3, 0.4) is 0 Å². The number of anilines is 1.